The molecule has 0 aliphatic carbocycles. The Labute approximate surface area is 116 Å². The number of carbonyl (C=O) groups is 1. The van der Waals surface area contributed by atoms with Gasteiger partial charge in [-0.2, -0.15) is 0 Å². The minimum Gasteiger partial charge on any atom is -0.379 e. The van der Waals surface area contributed by atoms with E-state index in [-0.39, 0.29) is 29.9 Å². The van der Waals surface area contributed by atoms with Crippen molar-refractivity contribution in [2.24, 2.45) is 5.92 Å². The molecule has 0 radical (unpaired) electrons. The fourth-order valence-corrected chi connectivity index (χ4v) is 3.14. The summed E-state index contributed by atoms with van der Waals surface area (Å²) < 4.78 is 28.5. The van der Waals surface area contributed by atoms with Gasteiger partial charge in [-0.15, -0.1) is 0 Å². The molecule has 1 heterocycles. The summed E-state index contributed by atoms with van der Waals surface area (Å²) in [5.41, 5.74) is 0. The van der Waals surface area contributed by atoms with Gasteiger partial charge in [-0.1, -0.05) is 6.92 Å². The molecule has 0 saturated carbocycles. The van der Waals surface area contributed by atoms with Gasteiger partial charge >= 0.3 is 0 Å². The quantitative estimate of drug-likeness (QED) is 0.783. The maximum absolute atomic E-state index is 12.1. The molecular formula is C13H25NO4S. The summed E-state index contributed by atoms with van der Waals surface area (Å²) in [5.74, 6) is -0.309. The molecule has 1 rings (SSSR count). The van der Waals surface area contributed by atoms with Crippen LogP contribution in [-0.2, 0) is 19.4 Å². The van der Waals surface area contributed by atoms with E-state index in [0.29, 0.717) is 13.2 Å². The Morgan fingerprint density at radius 3 is 2.47 bits per heavy atom. The number of rotatable bonds is 6. The SMILES string of the molecule is CCNC1COCC1C(=O)CCS(=O)(=O)C(C)(C)C. The molecule has 1 N–H and O–H groups in total. The third-order valence-corrected chi connectivity index (χ3v) is 6.12. The number of ether oxygens (including phenoxy) is 1. The van der Waals surface area contributed by atoms with E-state index in [1.165, 1.54) is 0 Å². The highest BCUT2D eigenvalue weighted by Crippen LogP contribution is 2.20. The smallest absolute Gasteiger partial charge is 0.155 e. The first-order valence-corrected chi connectivity index (χ1v) is 8.40. The van der Waals surface area contributed by atoms with Gasteiger partial charge in [0.25, 0.3) is 0 Å². The zero-order valence-electron chi connectivity index (χ0n) is 12.2. The molecule has 6 heteroatoms. The van der Waals surface area contributed by atoms with Crippen LogP contribution in [-0.4, -0.2) is 50.5 Å². The van der Waals surface area contributed by atoms with Gasteiger partial charge in [0.2, 0.25) is 0 Å². The molecule has 2 unspecified atom stereocenters. The molecule has 1 aliphatic heterocycles. The molecule has 1 saturated heterocycles. The number of carbonyl (C=O) groups excluding carboxylic acids is 1. The van der Waals surface area contributed by atoms with E-state index < -0.39 is 14.6 Å². The second-order valence-corrected chi connectivity index (χ2v) is 8.82. The first-order valence-electron chi connectivity index (χ1n) is 6.75. The molecule has 5 nitrogen and oxygen atoms in total. The van der Waals surface area contributed by atoms with Crippen molar-refractivity contribution < 1.29 is 17.9 Å². The van der Waals surface area contributed by atoms with Gasteiger partial charge in [-0.25, -0.2) is 8.42 Å². The second-order valence-electron chi connectivity index (χ2n) is 5.96. The number of hydrogen-bond donors (Lipinski definition) is 1. The molecule has 0 aromatic heterocycles. The van der Waals surface area contributed by atoms with Crippen LogP contribution in [0.25, 0.3) is 0 Å². The number of hydrogen-bond acceptors (Lipinski definition) is 5. The molecule has 2 atom stereocenters. The van der Waals surface area contributed by atoms with Crippen LogP contribution in [0.4, 0.5) is 0 Å². The normalized spacial score (nSPS) is 24.6. The Hall–Kier alpha value is -0.460. The zero-order chi connectivity index (χ0) is 14.7. The zero-order valence-corrected chi connectivity index (χ0v) is 13.0. The fraction of sp³-hybridized carbons (Fsp3) is 0.923. The van der Waals surface area contributed by atoms with Gasteiger partial charge in [0.15, 0.2) is 9.84 Å². The van der Waals surface area contributed by atoms with E-state index in [9.17, 15) is 13.2 Å². The lowest BCUT2D eigenvalue weighted by atomic mass is 9.97. The fourth-order valence-electron chi connectivity index (χ4n) is 2.06. The van der Waals surface area contributed by atoms with E-state index >= 15 is 0 Å². The molecule has 0 aromatic rings. The summed E-state index contributed by atoms with van der Waals surface area (Å²) in [7, 11) is -3.23. The van der Waals surface area contributed by atoms with E-state index in [0.717, 1.165) is 6.54 Å². The lowest BCUT2D eigenvalue weighted by molar-refractivity contribution is -0.122. The summed E-state index contributed by atoms with van der Waals surface area (Å²) >= 11 is 0. The van der Waals surface area contributed by atoms with Crippen LogP contribution in [0.3, 0.4) is 0 Å². The van der Waals surface area contributed by atoms with Crippen LogP contribution >= 0.6 is 0 Å². The van der Waals surface area contributed by atoms with Crippen molar-refractivity contribution in [3.05, 3.63) is 0 Å². The number of sulfone groups is 1. The molecule has 0 amide bonds. The summed E-state index contributed by atoms with van der Waals surface area (Å²) in [6.45, 7) is 8.65. The lowest BCUT2D eigenvalue weighted by Gasteiger charge is -2.20. The van der Waals surface area contributed by atoms with E-state index in [2.05, 4.69) is 5.32 Å². The van der Waals surface area contributed by atoms with Crippen LogP contribution in [0.1, 0.15) is 34.1 Å². The van der Waals surface area contributed by atoms with Crippen molar-refractivity contribution >= 4 is 15.6 Å². The van der Waals surface area contributed by atoms with Crippen molar-refractivity contribution in [1.82, 2.24) is 5.32 Å². The molecule has 112 valence electrons. The van der Waals surface area contributed by atoms with Crippen LogP contribution < -0.4 is 5.32 Å². The Morgan fingerprint density at radius 1 is 1.32 bits per heavy atom. The molecule has 1 aliphatic rings. The topological polar surface area (TPSA) is 72.5 Å². The Bertz CT molecular complexity index is 411. The second kappa shape index (κ2) is 6.33. The summed E-state index contributed by atoms with van der Waals surface area (Å²) in [6, 6.07) is 0.0230. The maximum Gasteiger partial charge on any atom is 0.155 e. The van der Waals surface area contributed by atoms with Gasteiger partial charge in [0, 0.05) is 12.5 Å². The van der Waals surface area contributed by atoms with Crippen molar-refractivity contribution in [1.29, 1.82) is 0 Å². The van der Waals surface area contributed by atoms with Crippen LogP contribution in [0.2, 0.25) is 0 Å². The number of ketones is 1. The van der Waals surface area contributed by atoms with Gasteiger partial charge in [-0.3, -0.25) is 4.79 Å². The highest BCUT2D eigenvalue weighted by atomic mass is 32.2. The lowest BCUT2D eigenvalue weighted by Crippen LogP contribution is -2.40. The minimum atomic E-state index is -3.23. The Balaban J connectivity index is 2.57. The highest BCUT2D eigenvalue weighted by molar-refractivity contribution is 7.92. The molecule has 0 aromatic carbocycles. The summed E-state index contributed by atoms with van der Waals surface area (Å²) in [5, 5.41) is 3.21. The summed E-state index contributed by atoms with van der Waals surface area (Å²) in [6.07, 6.45) is 0.0789. The van der Waals surface area contributed by atoms with Crippen LogP contribution in [0, 0.1) is 5.92 Å². The van der Waals surface area contributed by atoms with Gasteiger partial charge < -0.3 is 10.1 Å². The Morgan fingerprint density at radius 2 is 1.95 bits per heavy atom. The van der Waals surface area contributed by atoms with Gasteiger partial charge in [-0.05, 0) is 27.3 Å². The van der Waals surface area contributed by atoms with Crippen LogP contribution in [0.5, 0.6) is 0 Å². The molecule has 19 heavy (non-hydrogen) atoms. The van der Waals surface area contributed by atoms with E-state index in [1.807, 2.05) is 6.92 Å². The van der Waals surface area contributed by atoms with Crippen molar-refractivity contribution in [2.45, 2.75) is 44.9 Å². The van der Waals surface area contributed by atoms with Gasteiger partial charge in [0.1, 0.15) is 5.78 Å². The van der Waals surface area contributed by atoms with Crippen molar-refractivity contribution in [3.63, 3.8) is 0 Å². The molecular weight excluding hydrogens is 266 g/mol. The third-order valence-electron chi connectivity index (χ3n) is 3.51. The largest absolute Gasteiger partial charge is 0.379 e. The number of Topliss-reactive ketones (excluding diaryl/α,β-unsaturated/α-hetero) is 1. The standard InChI is InChI=1S/C13H25NO4S/c1-5-14-11-9-18-8-10(11)12(15)6-7-19(16,17)13(2,3)4/h10-11,14H,5-9H2,1-4H3. The average molecular weight is 291 g/mol. The van der Waals surface area contributed by atoms with E-state index in [4.69, 9.17) is 4.74 Å². The number of nitrogens with one attached hydrogen (secondary N) is 1. The predicted octanol–water partition coefficient (Wildman–Crippen LogP) is 0.783. The number of likely N-dealkylation sites (N-methyl/N-ethyl adjacent to an activating group) is 1. The predicted molar refractivity (Wildman–Crippen MR) is 74.9 cm³/mol. The minimum absolute atomic E-state index is 0.0173. The van der Waals surface area contributed by atoms with Crippen molar-refractivity contribution in [2.75, 3.05) is 25.5 Å². The summed E-state index contributed by atoms with van der Waals surface area (Å²) in [4.78, 5) is 12.1. The average Bonchev–Trinajstić information content (AvgIpc) is 2.73. The van der Waals surface area contributed by atoms with Crippen molar-refractivity contribution in [3.8, 4) is 0 Å². The first-order chi connectivity index (χ1) is 8.69. The monoisotopic (exact) mass is 291 g/mol. The third kappa shape index (κ3) is 4.26. The highest BCUT2D eigenvalue weighted by Gasteiger charge is 2.35. The first kappa shape index (κ1) is 16.6. The molecule has 1 fully saturated rings. The van der Waals surface area contributed by atoms with Gasteiger partial charge in [0.05, 0.1) is 29.6 Å². The van der Waals surface area contributed by atoms with Crippen LogP contribution in [0.15, 0.2) is 0 Å². The molecule has 0 bridgehead atoms. The Kier molecular flexibility index (Phi) is 5.53. The maximum atomic E-state index is 12.1. The van der Waals surface area contributed by atoms with E-state index in [1.54, 1.807) is 20.8 Å². The molecule has 0 spiro atoms.